The summed E-state index contributed by atoms with van der Waals surface area (Å²) >= 11 is 0. The van der Waals surface area contributed by atoms with Crippen LogP contribution in [0.2, 0.25) is 0 Å². The Hall–Kier alpha value is -1.18. The van der Waals surface area contributed by atoms with Crippen molar-refractivity contribution < 1.29 is 17.6 Å². The fourth-order valence-electron chi connectivity index (χ4n) is 2.74. The van der Waals surface area contributed by atoms with Gasteiger partial charge in [-0.05, 0) is 49.6 Å². The van der Waals surface area contributed by atoms with Crippen LogP contribution < -0.4 is 5.73 Å². The van der Waals surface area contributed by atoms with Crippen LogP contribution >= 0.6 is 12.4 Å². The van der Waals surface area contributed by atoms with Crippen molar-refractivity contribution >= 4 is 28.2 Å². The third kappa shape index (κ3) is 4.46. The molecule has 2 atom stereocenters. The Labute approximate surface area is 148 Å². The van der Waals surface area contributed by atoms with E-state index in [9.17, 15) is 17.6 Å². The lowest BCUT2D eigenvalue weighted by molar-refractivity contribution is -0.130. The van der Waals surface area contributed by atoms with Gasteiger partial charge in [-0.2, -0.15) is 0 Å². The Morgan fingerprint density at radius 1 is 1.38 bits per heavy atom. The van der Waals surface area contributed by atoms with Crippen molar-refractivity contribution in [2.45, 2.75) is 36.8 Å². The number of halogens is 2. The molecular weight excluding hydrogens is 355 g/mol. The molecule has 0 aromatic heterocycles. The van der Waals surface area contributed by atoms with Crippen molar-refractivity contribution in [1.82, 2.24) is 4.90 Å². The van der Waals surface area contributed by atoms with Crippen molar-refractivity contribution in [1.29, 1.82) is 0 Å². The molecule has 1 aromatic carbocycles. The second kappa shape index (κ2) is 7.80. The molecule has 1 aromatic rings. The molecule has 8 heteroatoms. The molecule has 24 heavy (non-hydrogen) atoms. The Morgan fingerprint density at radius 3 is 2.46 bits per heavy atom. The number of likely N-dealkylation sites (tertiary alicyclic amines) is 1. The summed E-state index contributed by atoms with van der Waals surface area (Å²) in [7, 11) is -3.65. The fraction of sp³-hybridized carbons (Fsp3) is 0.562. The van der Waals surface area contributed by atoms with Gasteiger partial charge in [0.25, 0.3) is 0 Å². The van der Waals surface area contributed by atoms with E-state index in [2.05, 4.69) is 0 Å². The highest BCUT2D eigenvalue weighted by Crippen LogP contribution is 2.29. The van der Waals surface area contributed by atoms with Crippen LogP contribution in [0.3, 0.4) is 0 Å². The molecular formula is C16H24ClFN2O3S. The lowest BCUT2D eigenvalue weighted by Gasteiger charge is -2.23. The van der Waals surface area contributed by atoms with Crippen LogP contribution in [0.25, 0.3) is 0 Å². The molecule has 1 fully saturated rings. The first-order chi connectivity index (χ1) is 10.7. The normalized spacial score (nSPS) is 22.1. The molecule has 2 rings (SSSR count). The lowest BCUT2D eigenvalue weighted by Crippen LogP contribution is -2.36. The first-order valence-electron chi connectivity index (χ1n) is 7.65. The maximum absolute atomic E-state index is 12.9. The van der Waals surface area contributed by atoms with E-state index in [1.54, 1.807) is 4.90 Å². The van der Waals surface area contributed by atoms with E-state index >= 15 is 0 Å². The van der Waals surface area contributed by atoms with Gasteiger partial charge in [0.1, 0.15) is 5.82 Å². The first kappa shape index (κ1) is 20.9. The molecule has 0 radical (unpaired) electrons. The predicted molar refractivity (Wildman–Crippen MR) is 93.3 cm³/mol. The molecule has 0 aliphatic carbocycles. The SMILES string of the molecule is CC(CC(=O)N1CCC(C)(CN)C1)S(=O)(=O)c1ccc(F)cc1.Cl. The number of hydrogen-bond acceptors (Lipinski definition) is 4. The number of carbonyl (C=O) groups is 1. The van der Waals surface area contributed by atoms with E-state index < -0.39 is 20.9 Å². The Bertz CT molecular complexity index is 681. The van der Waals surface area contributed by atoms with E-state index in [-0.39, 0.29) is 35.0 Å². The topological polar surface area (TPSA) is 80.5 Å². The number of benzene rings is 1. The van der Waals surface area contributed by atoms with Crippen molar-refractivity contribution in [3.05, 3.63) is 30.1 Å². The number of amides is 1. The largest absolute Gasteiger partial charge is 0.342 e. The molecule has 0 bridgehead atoms. The van der Waals surface area contributed by atoms with Gasteiger partial charge >= 0.3 is 0 Å². The standard InChI is InChI=1S/C16H23FN2O3S.ClH/c1-12(23(21,22)14-5-3-13(17)4-6-14)9-15(20)19-8-7-16(2,10-18)11-19;/h3-6,12H,7-11,18H2,1-2H3;1H. The second-order valence-electron chi connectivity index (χ2n) is 6.59. The van der Waals surface area contributed by atoms with Crippen LogP contribution in [0, 0.1) is 11.2 Å². The van der Waals surface area contributed by atoms with Crippen LogP contribution in [0.15, 0.2) is 29.2 Å². The van der Waals surface area contributed by atoms with Gasteiger partial charge in [0.2, 0.25) is 5.91 Å². The minimum absolute atomic E-state index is 0. The van der Waals surface area contributed by atoms with Crippen molar-refractivity contribution in [2.75, 3.05) is 19.6 Å². The molecule has 0 spiro atoms. The number of carbonyl (C=O) groups excluding carboxylic acids is 1. The summed E-state index contributed by atoms with van der Waals surface area (Å²) in [6, 6.07) is 4.67. The molecule has 1 amide bonds. The van der Waals surface area contributed by atoms with Crippen molar-refractivity contribution in [3.8, 4) is 0 Å². The summed E-state index contributed by atoms with van der Waals surface area (Å²) < 4.78 is 37.9. The minimum Gasteiger partial charge on any atom is -0.342 e. The van der Waals surface area contributed by atoms with Crippen LogP contribution in [0.4, 0.5) is 4.39 Å². The minimum atomic E-state index is -3.65. The second-order valence-corrected chi connectivity index (χ2v) is 8.96. The number of hydrogen-bond donors (Lipinski definition) is 1. The number of sulfone groups is 1. The van der Waals surface area contributed by atoms with E-state index in [0.717, 1.165) is 18.6 Å². The van der Waals surface area contributed by atoms with Crippen LogP contribution in [-0.4, -0.2) is 44.1 Å². The zero-order valence-corrected chi connectivity index (χ0v) is 15.5. The maximum Gasteiger partial charge on any atom is 0.223 e. The molecule has 2 N–H and O–H groups in total. The average molecular weight is 379 g/mol. The van der Waals surface area contributed by atoms with E-state index in [1.165, 1.54) is 19.1 Å². The molecule has 1 saturated heterocycles. The molecule has 1 heterocycles. The summed E-state index contributed by atoms with van der Waals surface area (Å²) in [5, 5.41) is -0.856. The van der Waals surface area contributed by atoms with Gasteiger partial charge in [-0.3, -0.25) is 4.79 Å². The average Bonchev–Trinajstić information content (AvgIpc) is 2.91. The van der Waals surface area contributed by atoms with Gasteiger partial charge in [0.05, 0.1) is 10.1 Å². The summed E-state index contributed by atoms with van der Waals surface area (Å²) in [6.07, 6.45) is 0.745. The highest BCUT2D eigenvalue weighted by molar-refractivity contribution is 7.92. The Kier molecular flexibility index (Phi) is 6.78. The summed E-state index contributed by atoms with van der Waals surface area (Å²) in [6.45, 7) is 5.20. The molecule has 1 aliphatic rings. The molecule has 136 valence electrons. The highest BCUT2D eigenvalue weighted by atomic mass is 35.5. The zero-order chi connectivity index (χ0) is 17.3. The molecule has 2 unspecified atom stereocenters. The molecule has 5 nitrogen and oxygen atoms in total. The summed E-state index contributed by atoms with van der Waals surface area (Å²) in [5.74, 6) is -0.675. The third-order valence-electron chi connectivity index (χ3n) is 4.54. The predicted octanol–water partition coefficient (Wildman–Crippen LogP) is 2.00. The number of nitrogens with zero attached hydrogens (tertiary/aromatic N) is 1. The smallest absolute Gasteiger partial charge is 0.223 e. The first-order valence-corrected chi connectivity index (χ1v) is 9.20. The Morgan fingerprint density at radius 2 is 1.96 bits per heavy atom. The van der Waals surface area contributed by atoms with Gasteiger partial charge in [-0.25, -0.2) is 12.8 Å². The van der Waals surface area contributed by atoms with Crippen molar-refractivity contribution in [3.63, 3.8) is 0 Å². The number of rotatable bonds is 5. The quantitative estimate of drug-likeness (QED) is 0.794. The van der Waals surface area contributed by atoms with Gasteiger partial charge in [0.15, 0.2) is 9.84 Å². The number of nitrogens with two attached hydrogens (primary N) is 1. The molecule has 0 saturated carbocycles. The zero-order valence-electron chi connectivity index (χ0n) is 13.9. The Balaban J connectivity index is 0.00000288. The van der Waals surface area contributed by atoms with Crippen LogP contribution in [0.1, 0.15) is 26.7 Å². The summed E-state index contributed by atoms with van der Waals surface area (Å²) in [4.78, 5) is 14.1. The van der Waals surface area contributed by atoms with Gasteiger partial charge in [-0.15, -0.1) is 12.4 Å². The lowest BCUT2D eigenvalue weighted by atomic mass is 9.90. The van der Waals surface area contributed by atoms with Crippen molar-refractivity contribution in [2.24, 2.45) is 11.1 Å². The van der Waals surface area contributed by atoms with E-state index in [1.807, 2.05) is 6.92 Å². The monoisotopic (exact) mass is 378 g/mol. The van der Waals surface area contributed by atoms with Crippen LogP contribution in [-0.2, 0) is 14.6 Å². The van der Waals surface area contributed by atoms with Gasteiger partial charge < -0.3 is 10.6 Å². The third-order valence-corrected chi connectivity index (χ3v) is 6.69. The van der Waals surface area contributed by atoms with E-state index in [0.29, 0.717) is 19.6 Å². The summed E-state index contributed by atoms with van der Waals surface area (Å²) in [5.41, 5.74) is 5.64. The molecule has 1 aliphatic heterocycles. The van der Waals surface area contributed by atoms with Gasteiger partial charge in [-0.1, -0.05) is 6.92 Å². The van der Waals surface area contributed by atoms with E-state index in [4.69, 9.17) is 5.73 Å². The fourth-order valence-corrected chi connectivity index (χ4v) is 4.09. The van der Waals surface area contributed by atoms with Crippen LogP contribution in [0.5, 0.6) is 0 Å². The van der Waals surface area contributed by atoms with Gasteiger partial charge in [0, 0.05) is 19.5 Å². The maximum atomic E-state index is 12.9. The highest BCUT2D eigenvalue weighted by Gasteiger charge is 2.36.